The molecule has 0 saturated carbocycles. The third-order valence-corrected chi connectivity index (χ3v) is 6.39. The van der Waals surface area contributed by atoms with Gasteiger partial charge in [0.15, 0.2) is 6.23 Å². The van der Waals surface area contributed by atoms with E-state index in [2.05, 4.69) is 46.8 Å². The molecule has 0 radical (unpaired) electrons. The van der Waals surface area contributed by atoms with Crippen LogP contribution in [0.1, 0.15) is 42.7 Å². The van der Waals surface area contributed by atoms with Crippen LogP contribution in [-0.4, -0.2) is 23.0 Å². The zero-order valence-corrected chi connectivity index (χ0v) is 18.4. The van der Waals surface area contributed by atoms with Crippen LogP contribution in [0.15, 0.2) is 72.9 Å². The van der Waals surface area contributed by atoms with Gasteiger partial charge < -0.3 is 19.5 Å². The Morgan fingerprint density at radius 1 is 1.03 bits per heavy atom. The van der Waals surface area contributed by atoms with Crippen LogP contribution < -0.4 is 14.8 Å². The number of benzene rings is 3. The number of fused-ring (bicyclic) bond motifs is 2. The van der Waals surface area contributed by atoms with Crippen LogP contribution in [0.25, 0.3) is 10.9 Å². The van der Waals surface area contributed by atoms with Crippen LogP contribution in [0.4, 0.5) is 5.69 Å². The molecule has 1 unspecified atom stereocenters. The Labute approximate surface area is 193 Å². The number of nitrogens with zero attached hydrogens (tertiary/aromatic N) is 2. The molecule has 1 fully saturated rings. The first kappa shape index (κ1) is 20.1. The van der Waals surface area contributed by atoms with Gasteiger partial charge in [-0.3, -0.25) is 0 Å². The van der Waals surface area contributed by atoms with E-state index in [1.54, 1.807) is 0 Å². The number of aromatic nitrogens is 2. The van der Waals surface area contributed by atoms with Gasteiger partial charge in [-0.05, 0) is 48.6 Å². The van der Waals surface area contributed by atoms with Gasteiger partial charge in [0, 0.05) is 18.1 Å². The SMILES string of the molecule is c1ccc(COc2ccc([C@@H]3COc4cc5c(cnn5C5CCCCO5)cc4N3)cc2)cc1. The smallest absolute Gasteiger partial charge is 0.150 e. The number of nitrogens with one attached hydrogen (secondary N) is 1. The van der Waals surface area contributed by atoms with Crippen molar-refractivity contribution in [2.75, 3.05) is 18.5 Å². The molecule has 1 N–H and O–H groups in total. The van der Waals surface area contributed by atoms with Crippen LogP contribution in [-0.2, 0) is 11.3 Å². The molecule has 6 rings (SSSR count). The van der Waals surface area contributed by atoms with Gasteiger partial charge >= 0.3 is 0 Å². The molecule has 0 aliphatic carbocycles. The first-order valence-electron chi connectivity index (χ1n) is 11.6. The maximum Gasteiger partial charge on any atom is 0.150 e. The minimum atomic E-state index is 0.0150. The fourth-order valence-electron chi connectivity index (χ4n) is 4.57. The van der Waals surface area contributed by atoms with Crippen molar-refractivity contribution < 1.29 is 14.2 Å². The van der Waals surface area contributed by atoms with E-state index in [0.717, 1.165) is 53.1 Å². The van der Waals surface area contributed by atoms with Crippen molar-refractivity contribution >= 4 is 16.6 Å². The van der Waals surface area contributed by atoms with Gasteiger partial charge in [0.2, 0.25) is 0 Å². The molecule has 3 heterocycles. The van der Waals surface area contributed by atoms with Gasteiger partial charge in [-0.25, -0.2) is 4.68 Å². The summed E-state index contributed by atoms with van der Waals surface area (Å²) >= 11 is 0. The highest BCUT2D eigenvalue weighted by Crippen LogP contribution is 2.38. The highest BCUT2D eigenvalue weighted by atomic mass is 16.5. The topological polar surface area (TPSA) is 57.5 Å². The quantitative estimate of drug-likeness (QED) is 0.420. The molecule has 6 heteroatoms. The summed E-state index contributed by atoms with van der Waals surface area (Å²) in [4.78, 5) is 0. The predicted molar refractivity (Wildman–Crippen MR) is 128 cm³/mol. The second-order valence-electron chi connectivity index (χ2n) is 8.67. The molecule has 0 spiro atoms. The molecule has 3 aromatic carbocycles. The molecule has 6 nitrogen and oxygen atoms in total. The summed E-state index contributed by atoms with van der Waals surface area (Å²) in [5.74, 6) is 1.72. The van der Waals surface area contributed by atoms with Crippen LogP contribution in [0.5, 0.6) is 11.5 Å². The van der Waals surface area contributed by atoms with Crippen molar-refractivity contribution in [2.24, 2.45) is 0 Å². The summed E-state index contributed by atoms with van der Waals surface area (Å²) in [6, 6.07) is 22.7. The second kappa shape index (κ2) is 8.79. The lowest BCUT2D eigenvalue weighted by molar-refractivity contribution is -0.0366. The zero-order valence-electron chi connectivity index (χ0n) is 18.4. The van der Waals surface area contributed by atoms with Crippen LogP contribution in [0, 0.1) is 0 Å². The largest absolute Gasteiger partial charge is 0.489 e. The average molecular weight is 442 g/mol. The van der Waals surface area contributed by atoms with Gasteiger partial charge in [0.05, 0.1) is 23.4 Å². The van der Waals surface area contributed by atoms with E-state index in [1.165, 1.54) is 12.0 Å². The van der Waals surface area contributed by atoms with E-state index in [-0.39, 0.29) is 12.3 Å². The number of hydrogen-bond acceptors (Lipinski definition) is 5. The summed E-state index contributed by atoms with van der Waals surface area (Å²) in [7, 11) is 0. The Balaban J connectivity index is 1.16. The molecular formula is C27H27N3O3. The molecule has 0 bridgehead atoms. The molecule has 1 aromatic heterocycles. The van der Waals surface area contributed by atoms with E-state index in [0.29, 0.717) is 13.2 Å². The molecule has 4 aromatic rings. The summed E-state index contributed by atoms with van der Waals surface area (Å²) in [6.07, 6.45) is 5.23. The molecule has 1 saturated heterocycles. The van der Waals surface area contributed by atoms with Crippen LogP contribution >= 0.6 is 0 Å². The van der Waals surface area contributed by atoms with E-state index >= 15 is 0 Å². The predicted octanol–water partition coefficient (Wildman–Crippen LogP) is 5.86. The van der Waals surface area contributed by atoms with E-state index < -0.39 is 0 Å². The van der Waals surface area contributed by atoms with E-state index in [4.69, 9.17) is 14.2 Å². The highest BCUT2D eigenvalue weighted by Gasteiger charge is 2.24. The first-order valence-corrected chi connectivity index (χ1v) is 11.6. The number of rotatable bonds is 5. The third kappa shape index (κ3) is 4.14. The van der Waals surface area contributed by atoms with E-state index in [1.807, 2.05) is 41.2 Å². The Bertz CT molecular complexity index is 1230. The van der Waals surface area contributed by atoms with Gasteiger partial charge in [0.1, 0.15) is 24.7 Å². The normalized spacial score (nSPS) is 20.0. The van der Waals surface area contributed by atoms with Gasteiger partial charge in [0.25, 0.3) is 0 Å². The van der Waals surface area contributed by atoms with Gasteiger partial charge in [-0.15, -0.1) is 0 Å². The van der Waals surface area contributed by atoms with Crippen molar-refractivity contribution in [3.63, 3.8) is 0 Å². The fraction of sp³-hybridized carbons (Fsp3) is 0.296. The number of ether oxygens (including phenoxy) is 3. The Morgan fingerprint density at radius 3 is 2.73 bits per heavy atom. The lowest BCUT2D eigenvalue weighted by atomic mass is 10.0. The van der Waals surface area contributed by atoms with Crippen molar-refractivity contribution in [2.45, 2.75) is 38.1 Å². The summed E-state index contributed by atoms with van der Waals surface area (Å²) in [5, 5.41) is 9.34. The molecular weight excluding hydrogens is 414 g/mol. The monoisotopic (exact) mass is 441 g/mol. The minimum absolute atomic E-state index is 0.0150. The maximum absolute atomic E-state index is 6.17. The third-order valence-electron chi connectivity index (χ3n) is 6.39. The fourth-order valence-corrected chi connectivity index (χ4v) is 4.57. The maximum atomic E-state index is 6.17. The standard InChI is InChI=1S/C27H27N3O3/c1-2-6-19(7-3-1)17-32-22-11-9-20(10-12-22)24-18-33-26-15-25-21(14-23(26)29-24)16-28-30(25)27-8-4-5-13-31-27/h1-3,6-7,9-12,14-16,24,27,29H,4-5,8,13,17-18H2/t24-,27?/m0/s1. The Kier molecular flexibility index (Phi) is 5.36. The second-order valence-corrected chi connectivity index (χ2v) is 8.67. The molecule has 2 aliphatic heterocycles. The lowest BCUT2D eigenvalue weighted by Crippen LogP contribution is -2.24. The summed E-state index contributed by atoms with van der Waals surface area (Å²) in [5.41, 5.74) is 4.37. The van der Waals surface area contributed by atoms with Crippen molar-refractivity contribution in [3.05, 3.63) is 84.1 Å². The average Bonchev–Trinajstić information content (AvgIpc) is 3.30. The van der Waals surface area contributed by atoms with Gasteiger partial charge in [-0.1, -0.05) is 42.5 Å². The molecule has 2 atom stereocenters. The first-order chi connectivity index (χ1) is 16.3. The van der Waals surface area contributed by atoms with Crippen molar-refractivity contribution in [3.8, 4) is 11.5 Å². The molecule has 168 valence electrons. The molecule has 0 amide bonds. The van der Waals surface area contributed by atoms with Crippen molar-refractivity contribution in [1.82, 2.24) is 9.78 Å². The number of hydrogen-bond donors (Lipinski definition) is 1. The molecule has 33 heavy (non-hydrogen) atoms. The lowest BCUT2D eigenvalue weighted by Gasteiger charge is -2.28. The summed E-state index contributed by atoms with van der Waals surface area (Å²) < 4.78 is 20.0. The van der Waals surface area contributed by atoms with Gasteiger partial charge in [-0.2, -0.15) is 5.10 Å². The number of anilines is 1. The minimum Gasteiger partial charge on any atom is -0.489 e. The summed E-state index contributed by atoms with van der Waals surface area (Å²) in [6.45, 7) is 1.93. The Morgan fingerprint density at radius 2 is 1.91 bits per heavy atom. The van der Waals surface area contributed by atoms with Crippen LogP contribution in [0.2, 0.25) is 0 Å². The highest BCUT2D eigenvalue weighted by molar-refractivity contribution is 5.86. The van der Waals surface area contributed by atoms with Crippen molar-refractivity contribution in [1.29, 1.82) is 0 Å². The van der Waals surface area contributed by atoms with E-state index in [9.17, 15) is 0 Å². The Hall–Kier alpha value is -3.51. The zero-order chi connectivity index (χ0) is 22.0. The molecule has 2 aliphatic rings. The van der Waals surface area contributed by atoms with Crippen LogP contribution in [0.3, 0.4) is 0 Å².